The predicted molar refractivity (Wildman–Crippen MR) is 71.1 cm³/mol. The number of hydrogen-bond donors (Lipinski definition) is 0. The molecule has 0 fully saturated rings. The normalized spacial score (nSPS) is 11.3. The molecule has 0 heterocycles. The SMILES string of the molecule is C=C(C)CCC/C=C(\C)CCC=C(C)C. The standard InChI is InChI=1S/C15H26/c1-13(2)9-6-7-11-15(5)12-8-10-14(3)4/h10-11H,1,6-9,12H2,2-5H3/b15-11+. The summed E-state index contributed by atoms with van der Waals surface area (Å²) in [6, 6.07) is 0. The van der Waals surface area contributed by atoms with Gasteiger partial charge < -0.3 is 0 Å². The molecule has 0 N–H and O–H groups in total. The molecule has 0 radical (unpaired) electrons. The minimum atomic E-state index is 1.16. The molecule has 0 unspecified atom stereocenters. The molecule has 0 nitrogen and oxygen atoms in total. The predicted octanol–water partition coefficient (Wildman–Crippen LogP) is 5.43. The summed E-state index contributed by atoms with van der Waals surface area (Å²) in [6.07, 6.45) is 10.7. The summed E-state index contributed by atoms with van der Waals surface area (Å²) in [7, 11) is 0. The van der Waals surface area contributed by atoms with Crippen molar-refractivity contribution in [3.63, 3.8) is 0 Å². The van der Waals surface area contributed by atoms with Crippen LogP contribution in [0.2, 0.25) is 0 Å². The second kappa shape index (κ2) is 8.52. The van der Waals surface area contributed by atoms with Crippen molar-refractivity contribution in [2.75, 3.05) is 0 Å². The van der Waals surface area contributed by atoms with Crippen molar-refractivity contribution in [3.8, 4) is 0 Å². The van der Waals surface area contributed by atoms with E-state index in [4.69, 9.17) is 0 Å². The molecular formula is C15H26. The first-order valence-electron chi connectivity index (χ1n) is 5.95. The Bertz CT molecular complexity index is 237. The molecule has 0 aromatic heterocycles. The van der Waals surface area contributed by atoms with Gasteiger partial charge in [-0.15, -0.1) is 6.58 Å². The van der Waals surface area contributed by atoms with E-state index < -0.39 is 0 Å². The average molecular weight is 206 g/mol. The van der Waals surface area contributed by atoms with E-state index in [0.29, 0.717) is 0 Å². The van der Waals surface area contributed by atoms with Gasteiger partial charge in [-0.1, -0.05) is 28.9 Å². The van der Waals surface area contributed by atoms with Crippen molar-refractivity contribution in [1.82, 2.24) is 0 Å². The van der Waals surface area contributed by atoms with E-state index in [1.807, 2.05) is 0 Å². The highest BCUT2D eigenvalue weighted by atomic mass is 14.0. The highest BCUT2D eigenvalue weighted by molar-refractivity contribution is 5.02. The Labute approximate surface area is 95.8 Å². The Kier molecular flexibility index (Phi) is 8.08. The maximum absolute atomic E-state index is 3.91. The smallest absolute Gasteiger partial charge is 0.0288 e. The number of unbranched alkanes of at least 4 members (excludes halogenated alkanes) is 1. The summed E-state index contributed by atoms with van der Waals surface area (Å²) in [4.78, 5) is 0. The molecule has 0 atom stereocenters. The molecule has 0 aliphatic rings. The van der Waals surface area contributed by atoms with Crippen LogP contribution in [0.4, 0.5) is 0 Å². The first kappa shape index (κ1) is 14.2. The van der Waals surface area contributed by atoms with Gasteiger partial charge >= 0.3 is 0 Å². The number of allylic oxidation sites excluding steroid dienone is 5. The Balaban J connectivity index is 3.61. The monoisotopic (exact) mass is 206 g/mol. The van der Waals surface area contributed by atoms with Crippen molar-refractivity contribution in [2.24, 2.45) is 0 Å². The molecule has 0 saturated carbocycles. The van der Waals surface area contributed by atoms with E-state index >= 15 is 0 Å². The zero-order valence-corrected chi connectivity index (χ0v) is 10.9. The van der Waals surface area contributed by atoms with Crippen molar-refractivity contribution >= 4 is 0 Å². The maximum atomic E-state index is 3.91. The summed E-state index contributed by atoms with van der Waals surface area (Å²) in [5, 5.41) is 0. The fourth-order valence-electron chi connectivity index (χ4n) is 1.44. The molecule has 86 valence electrons. The summed E-state index contributed by atoms with van der Waals surface area (Å²) >= 11 is 0. The molecule has 0 aromatic rings. The highest BCUT2D eigenvalue weighted by Gasteiger charge is 1.90. The lowest BCUT2D eigenvalue weighted by atomic mass is 10.1. The Hall–Kier alpha value is -0.780. The van der Waals surface area contributed by atoms with Gasteiger partial charge in [0.25, 0.3) is 0 Å². The van der Waals surface area contributed by atoms with E-state index in [9.17, 15) is 0 Å². The lowest BCUT2D eigenvalue weighted by Gasteiger charge is -2.00. The largest absolute Gasteiger partial charge is 0.100 e. The second-order valence-electron chi connectivity index (χ2n) is 4.72. The summed E-state index contributed by atoms with van der Waals surface area (Å²) < 4.78 is 0. The fraction of sp³-hybridized carbons (Fsp3) is 0.600. The third-order valence-electron chi connectivity index (χ3n) is 2.39. The summed E-state index contributed by atoms with van der Waals surface area (Å²) in [5.41, 5.74) is 4.24. The minimum Gasteiger partial charge on any atom is -0.100 e. The van der Waals surface area contributed by atoms with Crippen LogP contribution in [0, 0.1) is 0 Å². The van der Waals surface area contributed by atoms with Gasteiger partial charge in [-0.25, -0.2) is 0 Å². The van der Waals surface area contributed by atoms with Gasteiger partial charge in [0.1, 0.15) is 0 Å². The molecule has 0 aliphatic carbocycles. The van der Waals surface area contributed by atoms with Crippen molar-refractivity contribution in [3.05, 3.63) is 35.5 Å². The average Bonchev–Trinajstić information content (AvgIpc) is 2.11. The molecule has 15 heavy (non-hydrogen) atoms. The molecule has 0 spiro atoms. The molecule has 0 amide bonds. The van der Waals surface area contributed by atoms with Crippen LogP contribution in [0.5, 0.6) is 0 Å². The van der Waals surface area contributed by atoms with E-state index in [-0.39, 0.29) is 0 Å². The van der Waals surface area contributed by atoms with Crippen LogP contribution in [0.25, 0.3) is 0 Å². The first-order chi connectivity index (χ1) is 7.02. The third kappa shape index (κ3) is 11.1. The van der Waals surface area contributed by atoms with Crippen LogP contribution in [-0.2, 0) is 0 Å². The quantitative estimate of drug-likeness (QED) is 0.385. The van der Waals surface area contributed by atoms with Crippen LogP contribution in [0.3, 0.4) is 0 Å². The molecule has 0 aliphatic heterocycles. The second-order valence-corrected chi connectivity index (χ2v) is 4.72. The highest BCUT2D eigenvalue weighted by Crippen LogP contribution is 2.10. The molecule has 0 heteroatoms. The topological polar surface area (TPSA) is 0 Å². The molecule has 0 aromatic carbocycles. The first-order valence-corrected chi connectivity index (χ1v) is 5.95. The molecule has 0 rings (SSSR count). The van der Waals surface area contributed by atoms with E-state index in [1.54, 1.807) is 0 Å². The van der Waals surface area contributed by atoms with Crippen LogP contribution >= 0.6 is 0 Å². The van der Waals surface area contributed by atoms with Gasteiger partial charge in [-0.2, -0.15) is 0 Å². The summed E-state index contributed by atoms with van der Waals surface area (Å²) in [6.45, 7) is 12.6. The molecule has 0 saturated heterocycles. The van der Waals surface area contributed by atoms with Crippen LogP contribution in [0.1, 0.15) is 59.8 Å². The summed E-state index contributed by atoms with van der Waals surface area (Å²) in [5.74, 6) is 0. The lowest BCUT2D eigenvalue weighted by Crippen LogP contribution is -1.79. The van der Waals surface area contributed by atoms with E-state index in [0.717, 1.165) is 6.42 Å². The zero-order valence-electron chi connectivity index (χ0n) is 10.9. The van der Waals surface area contributed by atoms with Gasteiger partial charge in [0.15, 0.2) is 0 Å². The van der Waals surface area contributed by atoms with Crippen molar-refractivity contribution in [1.29, 1.82) is 0 Å². The van der Waals surface area contributed by atoms with Crippen LogP contribution in [-0.4, -0.2) is 0 Å². The van der Waals surface area contributed by atoms with Gasteiger partial charge in [-0.3, -0.25) is 0 Å². The fourth-order valence-corrected chi connectivity index (χ4v) is 1.44. The van der Waals surface area contributed by atoms with Gasteiger partial charge in [0, 0.05) is 0 Å². The van der Waals surface area contributed by atoms with E-state index in [2.05, 4.69) is 46.4 Å². The molecular weight excluding hydrogens is 180 g/mol. The Morgan fingerprint density at radius 3 is 2.13 bits per heavy atom. The maximum Gasteiger partial charge on any atom is -0.0288 e. The van der Waals surface area contributed by atoms with Crippen molar-refractivity contribution in [2.45, 2.75) is 59.8 Å². The Morgan fingerprint density at radius 1 is 0.933 bits per heavy atom. The Morgan fingerprint density at radius 2 is 1.60 bits per heavy atom. The third-order valence-corrected chi connectivity index (χ3v) is 2.39. The minimum absolute atomic E-state index is 1.16. The zero-order chi connectivity index (χ0) is 11.7. The number of rotatable bonds is 7. The van der Waals surface area contributed by atoms with E-state index in [1.165, 1.54) is 42.4 Å². The van der Waals surface area contributed by atoms with Crippen LogP contribution < -0.4 is 0 Å². The molecule has 0 bridgehead atoms. The van der Waals surface area contributed by atoms with Gasteiger partial charge in [0.2, 0.25) is 0 Å². The van der Waals surface area contributed by atoms with Gasteiger partial charge in [0.05, 0.1) is 0 Å². The van der Waals surface area contributed by atoms with Crippen LogP contribution in [0.15, 0.2) is 35.5 Å². The number of hydrogen-bond acceptors (Lipinski definition) is 0. The van der Waals surface area contributed by atoms with Gasteiger partial charge in [-0.05, 0) is 59.8 Å². The lowest BCUT2D eigenvalue weighted by molar-refractivity contribution is 0.822. The van der Waals surface area contributed by atoms with Crippen molar-refractivity contribution < 1.29 is 0 Å².